The third-order valence-electron chi connectivity index (χ3n) is 4.82. The van der Waals surface area contributed by atoms with Crippen LogP contribution in [0.3, 0.4) is 0 Å². The van der Waals surface area contributed by atoms with Crippen molar-refractivity contribution in [2.75, 3.05) is 11.9 Å². The van der Waals surface area contributed by atoms with Gasteiger partial charge in [-0.1, -0.05) is 12.1 Å². The first kappa shape index (κ1) is 17.9. The van der Waals surface area contributed by atoms with Crippen LogP contribution in [-0.4, -0.2) is 55.1 Å². The number of aromatic nitrogens is 3. The predicted molar refractivity (Wildman–Crippen MR) is 101 cm³/mol. The molecule has 4 rings (SSSR count). The van der Waals surface area contributed by atoms with Gasteiger partial charge in [0.1, 0.15) is 22.5 Å². The molecular formula is C17H18N4O5S. The van der Waals surface area contributed by atoms with Gasteiger partial charge in [-0.3, -0.25) is 14.8 Å². The Morgan fingerprint density at radius 2 is 1.96 bits per heavy atom. The van der Waals surface area contributed by atoms with Gasteiger partial charge in [-0.05, 0) is 18.6 Å². The number of fused-ring (bicyclic) bond motifs is 1. The molecule has 2 aromatic heterocycles. The smallest absolute Gasteiger partial charge is 0.327 e. The quantitative estimate of drug-likeness (QED) is 0.363. The predicted octanol–water partition coefficient (Wildman–Crippen LogP) is -0.146. The van der Waals surface area contributed by atoms with Gasteiger partial charge in [0.25, 0.3) is 5.56 Å². The van der Waals surface area contributed by atoms with Crippen LogP contribution in [0, 0.1) is 5.92 Å². The lowest BCUT2D eigenvalue weighted by Crippen LogP contribution is -2.37. The van der Waals surface area contributed by atoms with Crippen LogP contribution < -0.4 is 16.6 Å². The topological polar surface area (TPSA) is 151 Å². The van der Waals surface area contributed by atoms with Crippen molar-refractivity contribution >= 4 is 27.4 Å². The van der Waals surface area contributed by atoms with E-state index in [2.05, 4.69) is 20.3 Å². The van der Waals surface area contributed by atoms with Gasteiger partial charge < -0.3 is 20.6 Å². The first-order valence-electron chi connectivity index (χ1n) is 8.44. The van der Waals surface area contributed by atoms with Gasteiger partial charge >= 0.3 is 5.69 Å². The summed E-state index contributed by atoms with van der Waals surface area (Å²) < 4.78 is 0.890. The highest BCUT2D eigenvalue weighted by molar-refractivity contribution is 7.21. The van der Waals surface area contributed by atoms with Crippen molar-refractivity contribution in [1.82, 2.24) is 15.0 Å². The van der Waals surface area contributed by atoms with E-state index in [0.717, 1.165) is 10.2 Å². The Morgan fingerprint density at radius 3 is 2.67 bits per heavy atom. The summed E-state index contributed by atoms with van der Waals surface area (Å²) in [4.78, 5) is 33.5. The molecule has 4 atom stereocenters. The van der Waals surface area contributed by atoms with Gasteiger partial charge in [0.05, 0.1) is 22.4 Å². The van der Waals surface area contributed by atoms with Crippen molar-refractivity contribution in [2.45, 2.75) is 24.7 Å². The summed E-state index contributed by atoms with van der Waals surface area (Å²) in [5, 5.41) is 32.9. The van der Waals surface area contributed by atoms with Crippen molar-refractivity contribution in [3.05, 3.63) is 45.1 Å². The summed E-state index contributed by atoms with van der Waals surface area (Å²) in [5.74, 6) is -0.366. The second-order valence-electron chi connectivity index (χ2n) is 6.56. The molecule has 9 nitrogen and oxygen atoms in total. The van der Waals surface area contributed by atoms with E-state index in [1.165, 1.54) is 11.3 Å². The molecule has 1 aliphatic rings. The molecule has 3 aromatic rings. The van der Waals surface area contributed by atoms with E-state index in [9.17, 15) is 24.9 Å². The molecule has 1 aromatic carbocycles. The first-order chi connectivity index (χ1) is 13.0. The van der Waals surface area contributed by atoms with E-state index in [0.29, 0.717) is 5.01 Å². The molecule has 0 unspecified atom stereocenters. The molecule has 27 heavy (non-hydrogen) atoms. The fourth-order valence-corrected chi connectivity index (χ4v) is 4.43. The SMILES string of the molecule is O=c1[nH]c(N[C@@H]2C[C@H](CO)[C@@H](O)[C@H]2O)c(-c2nc3ccccc3s2)c(=O)[nH]1. The van der Waals surface area contributed by atoms with Crippen LogP contribution in [0.25, 0.3) is 20.8 Å². The number of para-hydroxylation sites is 1. The summed E-state index contributed by atoms with van der Waals surface area (Å²) in [7, 11) is 0. The van der Waals surface area contributed by atoms with Gasteiger partial charge in [-0.25, -0.2) is 9.78 Å². The number of thiazole rings is 1. The Morgan fingerprint density at radius 1 is 1.19 bits per heavy atom. The Hall–Kier alpha value is -2.53. The maximum Gasteiger partial charge on any atom is 0.327 e. The number of hydrogen-bond donors (Lipinski definition) is 6. The molecule has 142 valence electrons. The van der Waals surface area contributed by atoms with Gasteiger partial charge in [0, 0.05) is 12.5 Å². The minimum Gasteiger partial charge on any atom is -0.396 e. The molecular weight excluding hydrogens is 372 g/mol. The number of hydrogen-bond acceptors (Lipinski definition) is 8. The minimum absolute atomic E-state index is 0.123. The second kappa shape index (κ2) is 6.89. The zero-order valence-electron chi connectivity index (χ0n) is 14.0. The lowest BCUT2D eigenvalue weighted by Gasteiger charge is -2.19. The van der Waals surface area contributed by atoms with Gasteiger partial charge in [-0.2, -0.15) is 0 Å². The molecule has 0 radical (unpaired) electrons. The maximum atomic E-state index is 12.5. The van der Waals surface area contributed by atoms with Crippen LogP contribution in [-0.2, 0) is 0 Å². The van der Waals surface area contributed by atoms with Gasteiger partial charge in [-0.15, -0.1) is 11.3 Å². The van der Waals surface area contributed by atoms with E-state index in [-0.39, 0.29) is 24.4 Å². The summed E-state index contributed by atoms with van der Waals surface area (Å²) in [6, 6.07) is 6.78. The number of anilines is 1. The average Bonchev–Trinajstić information content (AvgIpc) is 3.17. The second-order valence-corrected chi connectivity index (χ2v) is 7.59. The Kier molecular flexibility index (Phi) is 4.56. The van der Waals surface area contributed by atoms with Crippen molar-refractivity contribution < 1.29 is 15.3 Å². The summed E-state index contributed by atoms with van der Waals surface area (Å²) in [6.07, 6.45) is -1.95. The van der Waals surface area contributed by atoms with E-state index in [4.69, 9.17) is 0 Å². The van der Waals surface area contributed by atoms with Crippen LogP contribution in [0.15, 0.2) is 33.9 Å². The van der Waals surface area contributed by atoms with Crippen LogP contribution in [0.1, 0.15) is 6.42 Å². The van der Waals surface area contributed by atoms with Crippen molar-refractivity contribution in [2.24, 2.45) is 5.92 Å². The number of rotatable bonds is 4. The Balaban J connectivity index is 1.77. The van der Waals surface area contributed by atoms with Crippen molar-refractivity contribution in [3.8, 4) is 10.6 Å². The van der Waals surface area contributed by atoms with E-state index in [1.807, 2.05) is 24.3 Å². The van der Waals surface area contributed by atoms with E-state index in [1.54, 1.807) is 0 Å². The van der Waals surface area contributed by atoms with Crippen LogP contribution in [0.4, 0.5) is 5.82 Å². The standard InChI is InChI=1S/C17H18N4O5S/c22-6-7-5-9(13(24)12(7)23)18-14-11(15(25)21-17(26)20-14)16-19-8-3-1-2-4-10(8)27-16/h1-4,7,9,12-13,22-24H,5-6H2,(H3,18,20,21,25,26)/t7-,9-,12-,13+/m1/s1. The molecule has 1 saturated carbocycles. The fourth-order valence-electron chi connectivity index (χ4n) is 3.41. The fraction of sp³-hybridized carbons (Fsp3) is 0.353. The average molecular weight is 390 g/mol. The summed E-state index contributed by atoms with van der Waals surface area (Å²) in [5.41, 5.74) is -0.415. The molecule has 0 aliphatic heterocycles. The van der Waals surface area contributed by atoms with Crippen LogP contribution in [0.2, 0.25) is 0 Å². The zero-order chi connectivity index (χ0) is 19.1. The van der Waals surface area contributed by atoms with Crippen molar-refractivity contribution in [1.29, 1.82) is 0 Å². The largest absolute Gasteiger partial charge is 0.396 e. The molecule has 1 fully saturated rings. The van der Waals surface area contributed by atoms with Gasteiger partial charge in [0.2, 0.25) is 0 Å². The molecule has 0 bridgehead atoms. The summed E-state index contributed by atoms with van der Waals surface area (Å²) in [6.45, 7) is -0.271. The number of aliphatic hydroxyl groups is 3. The normalized spacial score (nSPS) is 25.1. The number of H-pyrrole nitrogens is 2. The molecule has 0 spiro atoms. The summed E-state index contributed by atoms with van der Waals surface area (Å²) >= 11 is 1.30. The molecule has 2 heterocycles. The lowest BCUT2D eigenvalue weighted by atomic mass is 10.1. The third-order valence-corrected chi connectivity index (χ3v) is 5.87. The molecule has 10 heteroatoms. The van der Waals surface area contributed by atoms with Gasteiger partial charge in [0.15, 0.2) is 0 Å². The highest BCUT2D eigenvalue weighted by atomic mass is 32.1. The van der Waals surface area contributed by atoms with Crippen LogP contribution >= 0.6 is 11.3 Å². The number of aliphatic hydroxyl groups excluding tert-OH is 3. The number of nitrogens with one attached hydrogen (secondary N) is 3. The Labute approximate surface area is 156 Å². The highest BCUT2D eigenvalue weighted by Crippen LogP contribution is 2.33. The number of aromatic amines is 2. The first-order valence-corrected chi connectivity index (χ1v) is 9.25. The molecule has 0 saturated heterocycles. The molecule has 6 N–H and O–H groups in total. The van der Waals surface area contributed by atoms with Crippen LogP contribution in [0.5, 0.6) is 0 Å². The zero-order valence-corrected chi connectivity index (χ0v) is 14.9. The van der Waals surface area contributed by atoms with Crippen molar-refractivity contribution in [3.63, 3.8) is 0 Å². The maximum absolute atomic E-state index is 12.5. The molecule has 1 aliphatic carbocycles. The third kappa shape index (κ3) is 3.16. The van der Waals surface area contributed by atoms with E-state index >= 15 is 0 Å². The highest BCUT2D eigenvalue weighted by Gasteiger charge is 2.41. The minimum atomic E-state index is -1.15. The van der Waals surface area contributed by atoms with E-state index < -0.39 is 35.4 Å². The molecule has 0 amide bonds. The number of benzene rings is 1. The number of nitrogens with zero attached hydrogens (tertiary/aromatic N) is 1. The lowest BCUT2D eigenvalue weighted by molar-refractivity contribution is 0.00446. The monoisotopic (exact) mass is 390 g/mol. The Bertz CT molecular complexity index is 1060.